The van der Waals surface area contributed by atoms with Gasteiger partial charge in [0, 0.05) is 18.4 Å². The Hall–Kier alpha value is -1.81. The molecule has 0 spiro atoms. The van der Waals surface area contributed by atoms with Gasteiger partial charge >= 0.3 is 5.69 Å². The van der Waals surface area contributed by atoms with Gasteiger partial charge in [0.1, 0.15) is 0 Å². The number of nitrogens with zero attached hydrogens (tertiary/aromatic N) is 2. The molecule has 1 unspecified atom stereocenters. The van der Waals surface area contributed by atoms with Crippen molar-refractivity contribution in [1.82, 2.24) is 9.13 Å². The fourth-order valence-electron chi connectivity index (χ4n) is 1.93. The van der Waals surface area contributed by atoms with E-state index in [4.69, 9.17) is 0 Å². The summed E-state index contributed by atoms with van der Waals surface area (Å²) < 4.78 is 3.19. The molecule has 0 aliphatic rings. The molecular formula is C14H18N2O2. The number of aliphatic hydroxyl groups is 1. The highest BCUT2D eigenvalue weighted by Gasteiger charge is 2.11. The molecule has 2 aromatic rings. The van der Waals surface area contributed by atoms with Crippen LogP contribution in [0.25, 0.3) is 0 Å². The van der Waals surface area contributed by atoms with E-state index in [9.17, 15) is 9.90 Å². The maximum Gasteiger partial charge on any atom is 0.328 e. The van der Waals surface area contributed by atoms with Crippen molar-refractivity contribution in [3.05, 3.63) is 58.8 Å². The zero-order valence-electron chi connectivity index (χ0n) is 10.7. The summed E-state index contributed by atoms with van der Waals surface area (Å²) >= 11 is 0. The van der Waals surface area contributed by atoms with Gasteiger partial charge in [-0.05, 0) is 19.4 Å². The minimum atomic E-state index is -0.660. The monoisotopic (exact) mass is 246 g/mol. The molecule has 0 aliphatic heterocycles. The first-order valence-corrected chi connectivity index (χ1v) is 6.10. The van der Waals surface area contributed by atoms with E-state index in [2.05, 4.69) is 0 Å². The van der Waals surface area contributed by atoms with Crippen molar-refractivity contribution in [3.63, 3.8) is 0 Å². The highest BCUT2D eigenvalue weighted by molar-refractivity contribution is 5.17. The van der Waals surface area contributed by atoms with Crippen LogP contribution in [-0.2, 0) is 6.54 Å². The molecule has 0 amide bonds. The molecule has 0 saturated carbocycles. The highest BCUT2D eigenvalue weighted by atomic mass is 16.3. The van der Waals surface area contributed by atoms with E-state index in [1.54, 1.807) is 17.0 Å². The minimum Gasteiger partial charge on any atom is -0.387 e. The lowest BCUT2D eigenvalue weighted by Crippen LogP contribution is -2.27. The molecule has 18 heavy (non-hydrogen) atoms. The van der Waals surface area contributed by atoms with Gasteiger partial charge in [-0.25, -0.2) is 4.79 Å². The molecule has 4 heteroatoms. The van der Waals surface area contributed by atoms with Crippen LogP contribution in [0.4, 0.5) is 0 Å². The normalized spacial score (nSPS) is 12.9. The third-order valence-electron chi connectivity index (χ3n) is 2.98. The molecule has 2 rings (SSSR count). The summed E-state index contributed by atoms with van der Waals surface area (Å²) in [6.45, 7) is 4.20. The smallest absolute Gasteiger partial charge is 0.328 e. The Balaban J connectivity index is 2.18. The van der Waals surface area contributed by atoms with Crippen LogP contribution in [-0.4, -0.2) is 14.2 Å². The van der Waals surface area contributed by atoms with E-state index in [0.29, 0.717) is 0 Å². The molecule has 1 aromatic carbocycles. The van der Waals surface area contributed by atoms with Gasteiger partial charge in [-0.3, -0.25) is 9.13 Å². The quantitative estimate of drug-likeness (QED) is 0.896. The fraction of sp³-hybridized carbons (Fsp3) is 0.357. The molecule has 96 valence electrons. The van der Waals surface area contributed by atoms with Crippen molar-refractivity contribution in [3.8, 4) is 0 Å². The topological polar surface area (TPSA) is 47.2 Å². The first kappa shape index (κ1) is 12.6. The van der Waals surface area contributed by atoms with E-state index in [1.165, 1.54) is 4.57 Å². The summed E-state index contributed by atoms with van der Waals surface area (Å²) in [6.07, 6.45) is 2.81. The first-order valence-electron chi connectivity index (χ1n) is 6.10. The third kappa shape index (κ3) is 2.54. The Morgan fingerprint density at radius 2 is 1.83 bits per heavy atom. The second-order valence-corrected chi connectivity index (χ2v) is 4.66. The number of imidazole rings is 1. The van der Waals surface area contributed by atoms with E-state index >= 15 is 0 Å². The highest BCUT2D eigenvalue weighted by Crippen LogP contribution is 2.13. The Bertz CT molecular complexity index is 555. The van der Waals surface area contributed by atoms with E-state index in [0.717, 1.165) is 5.56 Å². The number of aliphatic hydroxyl groups excluding tert-OH is 1. The molecule has 1 N–H and O–H groups in total. The molecule has 0 bridgehead atoms. The van der Waals surface area contributed by atoms with Crippen molar-refractivity contribution in [1.29, 1.82) is 0 Å². The molecule has 0 fully saturated rings. The molecule has 4 nitrogen and oxygen atoms in total. The summed E-state index contributed by atoms with van der Waals surface area (Å²) in [5.74, 6) is 0. The van der Waals surface area contributed by atoms with Crippen molar-refractivity contribution in [2.75, 3.05) is 0 Å². The Kier molecular flexibility index (Phi) is 3.67. The lowest BCUT2D eigenvalue weighted by molar-refractivity contribution is 0.154. The van der Waals surface area contributed by atoms with Crippen LogP contribution in [0.2, 0.25) is 0 Å². The molecule has 1 atom stereocenters. The summed E-state index contributed by atoms with van der Waals surface area (Å²) in [5, 5.41) is 10.1. The minimum absolute atomic E-state index is 0.0834. The second kappa shape index (κ2) is 5.23. The van der Waals surface area contributed by atoms with Crippen LogP contribution >= 0.6 is 0 Å². The number of benzene rings is 1. The van der Waals surface area contributed by atoms with Gasteiger partial charge in [-0.15, -0.1) is 0 Å². The van der Waals surface area contributed by atoms with Crippen molar-refractivity contribution in [2.24, 2.45) is 0 Å². The lowest BCUT2D eigenvalue weighted by atomic mass is 10.1. The largest absolute Gasteiger partial charge is 0.387 e. The predicted octanol–water partition coefficient (Wildman–Crippen LogP) is 1.96. The average molecular weight is 246 g/mol. The molecule has 1 heterocycles. The lowest BCUT2D eigenvalue weighted by Gasteiger charge is -2.11. The maximum absolute atomic E-state index is 12.0. The number of rotatable bonds is 4. The summed E-state index contributed by atoms with van der Waals surface area (Å²) in [6, 6.07) is 9.50. The Labute approximate surface area is 106 Å². The predicted molar refractivity (Wildman–Crippen MR) is 70.5 cm³/mol. The molecule has 1 aromatic heterocycles. The molecule has 0 aliphatic carbocycles. The van der Waals surface area contributed by atoms with Gasteiger partial charge in [-0.2, -0.15) is 0 Å². The van der Waals surface area contributed by atoms with Crippen LogP contribution in [0.15, 0.2) is 47.5 Å². The summed E-state index contributed by atoms with van der Waals surface area (Å²) in [5.41, 5.74) is 0.738. The van der Waals surface area contributed by atoms with Crippen LogP contribution in [0, 0.1) is 0 Å². The van der Waals surface area contributed by atoms with Crippen LogP contribution < -0.4 is 5.69 Å². The summed E-state index contributed by atoms with van der Waals surface area (Å²) in [7, 11) is 0. The van der Waals surface area contributed by atoms with Crippen molar-refractivity contribution < 1.29 is 5.11 Å². The SMILES string of the molecule is CC(C)n1ccn(CC(O)c2ccccc2)c1=O. The first-order chi connectivity index (χ1) is 8.59. The molecule has 0 radical (unpaired) electrons. The van der Waals surface area contributed by atoms with Gasteiger partial charge in [0.2, 0.25) is 0 Å². The number of aromatic nitrogens is 2. The van der Waals surface area contributed by atoms with Gasteiger partial charge in [0.05, 0.1) is 12.6 Å². The van der Waals surface area contributed by atoms with Gasteiger partial charge in [-0.1, -0.05) is 30.3 Å². The average Bonchev–Trinajstić information content (AvgIpc) is 2.72. The second-order valence-electron chi connectivity index (χ2n) is 4.66. The van der Waals surface area contributed by atoms with Crippen molar-refractivity contribution in [2.45, 2.75) is 32.5 Å². The zero-order valence-corrected chi connectivity index (χ0v) is 10.7. The van der Waals surface area contributed by atoms with Crippen LogP contribution in [0.1, 0.15) is 31.6 Å². The Morgan fingerprint density at radius 3 is 2.39 bits per heavy atom. The van der Waals surface area contributed by atoms with E-state index < -0.39 is 6.10 Å². The number of hydrogen-bond donors (Lipinski definition) is 1. The Morgan fingerprint density at radius 1 is 1.17 bits per heavy atom. The van der Waals surface area contributed by atoms with Gasteiger partial charge in [0.15, 0.2) is 0 Å². The maximum atomic E-state index is 12.0. The van der Waals surface area contributed by atoms with E-state index in [1.807, 2.05) is 44.2 Å². The fourth-order valence-corrected chi connectivity index (χ4v) is 1.93. The summed E-state index contributed by atoms with van der Waals surface area (Å²) in [4.78, 5) is 12.0. The van der Waals surface area contributed by atoms with E-state index in [-0.39, 0.29) is 18.3 Å². The number of hydrogen-bond acceptors (Lipinski definition) is 2. The molecule has 0 saturated heterocycles. The standard InChI is InChI=1S/C14H18N2O2/c1-11(2)16-9-8-15(14(16)18)10-13(17)12-6-4-3-5-7-12/h3-9,11,13,17H,10H2,1-2H3. The van der Waals surface area contributed by atoms with Crippen LogP contribution in [0.5, 0.6) is 0 Å². The van der Waals surface area contributed by atoms with Crippen molar-refractivity contribution >= 4 is 0 Å². The van der Waals surface area contributed by atoms with Crippen LogP contribution in [0.3, 0.4) is 0 Å². The zero-order chi connectivity index (χ0) is 13.1. The third-order valence-corrected chi connectivity index (χ3v) is 2.98. The molecular weight excluding hydrogens is 228 g/mol. The van der Waals surface area contributed by atoms with Gasteiger partial charge < -0.3 is 5.11 Å². The van der Waals surface area contributed by atoms with Gasteiger partial charge in [0.25, 0.3) is 0 Å².